The Morgan fingerprint density at radius 1 is 0.489 bits per heavy atom. The molecule has 472 valence electrons. The predicted octanol–water partition coefficient (Wildman–Crippen LogP) is 6.88. The molecule has 0 saturated heterocycles. The molecule has 4 aromatic carbocycles. The first-order valence-corrected chi connectivity index (χ1v) is 27.5. The fraction of sp³-hybridized carbons (Fsp3) is 0.143. The Morgan fingerprint density at radius 2 is 0.924 bits per heavy atom. The molecule has 2 N–H and O–H groups in total. The molecular formula is C56H42Cl4F2N16O14. The van der Waals surface area contributed by atoms with E-state index in [0.29, 0.717) is 62.1 Å². The van der Waals surface area contributed by atoms with E-state index in [4.69, 9.17) is 83.4 Å². The second kappa shape index (κ2) is 29.9. The van der Waals surface area contributed by atoms with Crippen LogP contribution in [0.15, 0.2) is 169 Å². The fourth-order valence-corrected chi connectivity index (χ4v) is 8.40. The van der Waals surface area contributed by atoms with E-state index in [1.54, 1.807) is 80.9 Å². The number of nitrogens with zero attached hydrogens (tertiary/aromatic N) is 14. The smallest absolute Gasteiger partial charge is 0.328 e. The van der Waals surface area contributed by atoms with Gasteiger partial charge < -0.3 is 42.0 Å². The van der Waals surface area contributed by atoms with E-state index in [1.165, 1.54) is 26.6 Å². The molecule has 12 aromatic rings. The van der Waals surface area contributed by atoms with Gasteiger partial charge in [-0.3, -0.25) is 28.7 Å². The number of hydrogen-bond acceptors (Lipinski definition) is 24. The van der Waals surface area contributed by atoms with Gasteiger partial charge in [0.2, 0.25) is 58.5 Å². The molecule has 0 aliphatic rings. The van der Waals surface area contributed by atoms with Gasteiger partial charge in [0.25, 0.3) is 22.2 Å². The number of ether oxygens (including phenoxy) is 4. The van der Waals surface area contributed by atoms with Crippen LogP contribution in [-0.2, 0) is 26.2 Å². The first-order chi connectivity index (χ1) is 44.4. The van der Waals surface area contributed by atoms with Crippen LogP contribution in [0, 0.1) is 11.6 Å². The third-order valence-electron chi connectivity index (χ3n) is 12.3. The van der Waals surface area contributed by atoms with Gasteiger partial charge in [0, 0.05) is 11.8 Å². The van der Waals surface area contributed by atoms with Crippen LogP contribution in [0.2, 0.25) is 20.1 Å². The molecule has 0 atom stereocenters. The lowest BCUT2D eigenvalue weighted by Gasteiger charge is -2.03. The minimum atomic E-state index is -1.08. The minimum absolute atomic E-state index is 0.00725. The molecule has 0 bridgehead atoms. The highest BCUT2D eigenvalue weighted by molar-refractivity contribution is 6.42. The Hall–Kier alpha value is -11.2. The van der Waals surface area contributed by atoms with Crippen LogP contribution in [0.3, 0.4) is 0 Å². The zero-order chi connectivity index (χ0) is 65.6. The summed E-state index contributed by atoms with van der Waals surface area (Å²) in [6, 6.07) is 28.6. The number of aromatic amines is 2. The Balaban J connectivity index is 0.000000145. The molecule has 0 radical (unpaired) electrons. The lowest BCUT2D eigenvalue weighted by molar-refractivity contribution is 0.362. The van der Waals surface area contributed by atoms with Gasteiger partial charge in [0.15, 0.2) is 0 Å². The molecular weight excluding hydrogens is 1300 g/mol. The number of rotatable bonds is 16. The highest BCUT2D eigenvalue weighted by atomic mass is 35.5. The van der Waals surface area contributed by atoms with Crippen molar-refractivity contribution in [1.29, 1.82) is 0 Å². The molecule has 0 unspecified atom stereocenters. The van der Waals surface area contributed by atoms with Crippen LogP contribution < -0.4 is 52.6 Å². The van der Waals surface area contributed by atoms with Crippen LogP contribution >= 0.6 is 46.4 Å². The standard InChI is InChI=1S/2C14H10Cl2N4O3.2C14H11FN4O4/c1-22-9-4-2-3-8(5-9)13-18-11(23-19-13)7-20-14(21)12(16)10(15)6-17-20;1-22-10-5-3-2-4-8(10)13-18-11(23-19-13)7-20-14(21)12(16)9(15)6-17-20;1-22-10-5-3-2-4-8(10)12-16-11(23-18-12)7-19-6-9(15)13(20)17-14(19)21;1-22-10-5-3-2-4-8(10)12-17-11(23-18-12)7-19-13(20)9(15)6-16-14(19)21/h2*2-6H,7H2,1H3;2-6H,7H2,1H3,(H,17,20,21);2-6H,7H2,1H3,(H,16,21). The van der Waals surface area contributed by atoms with E-state index in [-0.39, 0.29) is 81.5 Å². The van der Waals surface area contributed by atoms with E-state index in [0.717, 1.165) is 25.7 Å². The van der Waals surface area contributed by atoms with Crippen molar-refractivity contribution in [2.45, 2.75) is 26.2 Å². The molecule has 0 saturated carbocycles. The number of nitrogens with one attached hydrogen (secondary N) is 2. The maximum atomic E-state index is 13.2. The van der Waals surface area contributed by atoms with Crippen molar-refractivity contribution in [3.8, 4) is 68.5 Å². The third-order valence-corrected chi connectivity index (χ3v) is 13.8. The van der Waals surface area contributed by atoms with Crippen molar-refractivity contribution in [3.63, 3.8) is 0 Å². The van der Waals surface area contributed by atoms with Crippen LogP contribution in [0.4, 0.5) is 8.78 Å². The second-order valence-corrected chi connectivity index (χ2v) is 19.7. The number of halogens is 6. The SMILES string of the molecule is COc1cccc(-c2noc(Cn3ncc(Cl)c(Cl)c3=O)n2)c1.COc1ccccc1-c1noc(Cn2c(=O)[nH]cc(F)c2=O)n1.COc1ccccc1-c1noc(Cn2cc(F)c(=O)[nH]c2=O)n1.COc1ccccc1-c1noc(Cn2ncc(Cl)c(Cl)c2=O)n1. The van der Waals surface area contributed by atoms with Crippen molar-refractivity contribution < 1.29 is 45.8 Å². The monoisotopic (exact) mass is 1340 g/mol. The number of methoxy groups -OCH3 is 4. The summed E-state index contributed by atoms with van der Waals surface area (Å²) in [4.78, 5) is 90.4. The largest absolute Gasteiger partial charge is 0.497 e. The van der Waals surface area contributed by atoms with E-state index < -0.39 is 45.3 Å². The van der Waals surface area contributed by atoms with Crippen molar-refractivity contribution in [2.24, 2.45) is 0 Å². The van der Waals surface area contributed by atoms with E-state index in [9.17, 15) is 37.5 Å². The molecule has 8 aromatic heterocycles. The van der Waals surface area contributed by atoms with Gasteiger partial charge in [-0.25, -0.2) is 23.5 Å². The summed E-state index contributed by atoms with van der Waals surface area (Å²) < 4.78 is 71.4. The van der Waals surface area contributed by atoms with Gasteiger partial charge in [0.05, 0.1) is 73.8 Å². The second-order valence-electron chi connectivity index (χ2n) is 18.1. The van der Waals surface area contributed by atoms with E-state index >= 15 is 0 Å². The van der Waals surface area contributed by atoms with Gasteiger partial charge in [-0.1, -0.05) is 116 Å². The van der Waals surface area contributed by atoms with E-state index in [2.05, 4.69) is 55.7 Å². The summed E-state index contributed by atoms with van der Waals surface area (Å²) in [6.45, 7) is -0.534. The molecule has 12 rings (SSSR count). The average molecular weight is 1340 g/mol. The van der Waals surface area contributed by atoms with Gasteiger partial charge in [-0.2, -0.15) is 38.9 Å². The third kappa shape index (κ3) is 15.6. The first-order valence-electron chi connectivity index (χ1n) is 26.0. The molecule has 0 aliphatic heterocycles. The summed E-state index contributed by atoms with van der Waals surface area (Å²) in [7, 11) is 6.15. The van der Waals surface area contributed by atoms with Crippen LogP contribution in [0.1, 0.15) is 23.6 Å². The van der Waals surface area contributed by atoms with Crippen molar-refractivity contribution >= 4 is 46.4 Å². The summed E-state index contributed by atoms with van der Waals surface area (Å²) >= 11 is 23.1. The molecule has 0 amide bonds. The number of para-hydroxylation sites is 3. The Labute approximate surface area is 531 Å². The van der Waals surface area contributed by atoms with Gasteiger partial charge in [-0.15, -0.1) is 0 Å². The van der Waals surface area contributed by atoms with Crippen LogP contribution in [-0.4, -0.2) is 108 Å². The summed E-state index contributed by atoms with van der Waals surface area (Å²) in [6.07, 6.45) is 4.05. The average Bonchev–Trinajstić information content (AvgIpc) is 2.99. The fourth-order valence-electron chi connectivity index (χ4n) is 7.85. The van der Waals surface area contributed by atoms with Gasteiger partial charge in [0.1, 0.15) is 59.2 Å². The Kier molecular flexibility index (Phi) is 21.2. The zero-order valence-electron chi connectivity index (χ0n) is 47.6. The van der Waals surface area contributed by atoms with E-state index in [1.807, 2.05) is 35.3 Å². The first kappa shape index (κ1) is 65.2. The Bertz CT molecular complexity index is 4960. The van der Waals surface area contributed by atoms with Crippen LogP contribution in [0.25, 0.3) is 45.6 Å². The molecule has 36 heteroatoms. The molecule has 92 heavy (non-hydrogen) atoms. The summed E-state index contributed by atoms with van der Waals surface area (Å²) in [5.41, 5.74) is -2.13. The molecule has 0 aliphatic carbocycles. The Morgan fingerprint density at radius 3 is 1.39 bits per heavy atom. The maximum Gasteiger partial charge on any atom is 0.328 e. The van der Waals surface area contributed by atoms with Crippen molar-refractivity contribution in [3.05, 3.63) is 240 Å². The minimum Gasteiger partial charge on any atom is -0.497 e. The highest BCUT2D eigenvalue weighted by Crippen LogP contribution is 2.30. The topological polar surface area (TPSA) is 372 Å². The quantitative estimate of drug-likeness (QED) is 0.0995. The number of benzene rings is 4. The van der Waals surface area contributed by atoms with Crippen molar-refractivity contribution in [2.75, 3.05) is 28.4 Å². The zero-order valence-corrected chi connectivity index (χ0v) is 50.6. The number of H-pyrrole nitrogens is 2. The molecule has 30 nitrogen and oxygen atoms in total. The number of aromatic nitrogens is 16. The number of hydrogen-bond donors (Lipinski definition) is 2. The highest BCUT2D eigenvalue weighted by Gasteiger charge is 2.20. The lowest BCUT2D eigenvalue weighted by Crippen LogP contribution is -2.36. The summed E-state index contributed by atoms with van der Waals surface area (Å²) in [5, 5.41) is 23.1. The maximum absolute atomic E-state index is 13.2. The predicted molar refractivity (Wildman–Crippen MR) is 321 cm³/mol. The lowest BCUT2D eigenvalue weighted by atomic mass is 10.2. The van der Waals surface area contributed by atoms with Crippen LogP contribution in [0.5, 0.6) is 23.0 Å². The molecule has 0 spiro atoms. The summed E-state index contributed by atoms with van der Waals surface area (Å²) in [5.74, 6) is 1.99. The molecule has 8 heterocycles. The normalized spacial score (nSPS) is 10.7. The van der Waals surface area contributed by atoms with Gasteiger partial charge in [-0.05, 0) is 48.5 Å². The molecule has 0 fully saturated rings. The van der Waals surface area contributed by atoms with Gasteiger partial charge >= 0.3 is 11.4 Å². The van der Waals surface area contributed by atoms with Crippen molar-refractivity contribution in [1.82, 2.24) is 79.2 Å².